The van der Waals surface area contributed by atoms with E-state index in [1.165, 1.54) is 16.8 Å². The van der Waals surface area contributed by atoms with Gasteiger partial charge in [-0.15, -0.1) is 5.10 Å². The molecule has 0 saturated heterocycles. The second-order valence-electron chi connectivity index (χ2n) is 8.29. The van der Waals surface area contributed by atoms with Crippen LogP contribution in [-0.2, 0) is 4.74 Å². The number of rotatable bonds is 5. The topological polar surface area (TPSA) is 137 Å². The Balaban J connectivity index is 1.83. The standard InChI is InChI=1S/C21H25N7O4/c1-12-7-8-15(28(30)31)10-16(12)23-19-22-11-13(2)18(25-19)24-17-9-14(3)27(26-17)20(29)32-21(4,5)6/h7-11H,1-6H3,(H2,22,23,24,25,26). The number of benzene rings is 1. The summed E-state index contributed by atoms with van der Waals surface area (Å²) in [7, 11) is 0. The van der Waals surface area contributed by atoms with E-state index in [0.717, 1.165) is 11.1 Å². The summed E-state index contributed by atoms with van der Waals surface area (Å²) in [5, 5.41) is 21.4. The van der Waals surface area contributed by atoms with Crippen molar-refractivity contribution in [1.82, 2.24) is 19.7 Å². The fraction of sp³-hybridized carbons (Fsp3) is 0.333. The first-order valence-corrected chi connectivity index (χ1v) is 9.86. The van der Waals surface area contributed by atoms with E-state index >= 15 is 0 Å². The van der Waals surface area contributed by atoms with E-state index in [1.54, 1.807) is 46.0 Å². The molecule has 3 aromatic rings. The lowest BCUT2D eigenvalue weighted by Crippen LogP contribution is -2.28. The van der Waals surface area contributed by atoms with Crippen LogP contribution < -0.4 is 10.6 Å². The zero-order valence-corrected chi connectivity index (χ0v) is 18.8. The number of nitrogens with zero attached hydrogens (tertiary/aromatic N) is 5. The third kappa shape index (κ3) is 5.36. The molecule has 0 atom stereocenters. The van der Waals surface area contributed by atoms with Crippen LogP contribution in [-0.4, -0.2) is 36.4 Å². The molecule has 2 heterocycles. The van der Waals surface area contributed by atoms with Crippen molar-refractivity contribution >= 4 is 35.1 Å². The normalized spacial score (nSPS) is 11.2. The number of carbonyl (C=O) groups excluding carboxylic acids is 1. The highest BCUT2D eigenvalue weighted by atomic mass is 16.6. The number of non-ortho nitro benzene ring substituents is 1. The highest BCUT2D eigenvalue weighted by Crippen LogP contribution is 2.26. The number of hydrogen-bond donors (Lipinski definition) is 2. The van der Waals surface area contributed by atoms with Crippen molar-refractivity contribution in [2.75, 3.05) is 10.6 Å². The average Bonchev–Trinajstić information content (AvgIpc) is 3.05. The van der Waals surface area contributed by atoms with Gasteiger partial charge in [-0.05, 0) is 47.1 Å². The second-order valence-corrected chi connectivity index (χ2v) is 8.29. The molecule has 0 aliphatic rings. The van der Waals surface area contributed by atoms with Gasteiger partial charge in [-0.1, -0.05) is 6.07 Å². The first kappa shape index (κ1) is 22.7. The lowest BCUT2D eigenvalue weighted by atomic mass is 10.2. The Hall–Kier alpha value is -4.02. The zero-order chi connectivity index (χ0) is 23.6. The molecular formula is C21H25N7O4. The van der Waals surface area contributed by atoms with Crippen LogP contribution in [0.3, 0.4) is 0 Å². The fourth-order valence-corrected chi connectivity index (χ4v) is 2.75. The molecule has 2 N–H and O–H groups in total. The molecule has 0 amide bonds. The van der Waals surface area contributed by atoms with Gasteiger partial charge in [0.05, 0.1) is 10.6 Å². The smallest absolute Gasteiger partial charge is 0.435 e. The van der Waals surface area contributed by atoms with Gasteiger partial charge in [0, 0.05) is 35.7 Å². The zero-order valence-electron chi connectivity index (χ0n) is 18.8. The molecule has 2 aromatic heterocycles. The van der Waals surface area contributed by atoms with Gasteiger partial charge in [0.25, 0.3) is 5.69 Å². The first-order chi connectivity index (χ1) is 14.9. The minimum Gasteiger partial charge on any atom is -0.442 e. The van der Waals surface area contributed by atoms with Crippen LogP contribution in [0.2, 0.25) is 0 Å². The molecule has 0 radical (unpaired) electrons. The second kappa shape index (κ2) is 8.61. The monoisotopic (exact) mass is 439 g/mol. The Morgan fingerprint density at radius 1 is 1.12 bits per heavy atom. The summed E-state index contributed by atoms with van der Waals surface area (Å²) in [5.74, 6) is 1.14. The maximum absolute atomic E-state index is 12.3. The maximum Gasteiger partial charge on any atom is 0.435 e. The summed E-state index contributed by atoms with van der Waals surface area (Å²) in [6, 6.07) is 6.22. The van der Waals surface area contributed by atoms with Crippen LogP contribution in [0.15, 0.2) is 30.5 Å². The molecule has 0 bridgehead atoms. The van der Waals surface area contributed by atoms with Crippen LogP contribution in [0.1, 0.15) is 37.6 Å². The Bertz CT molecular complexity index is 1180. The van der Waals surface area contributed by atoms with Crippen LogP contribution in [0, 0.1) is 30.9 Å². The molecule has 1 aromatic carbocycles. The molecule has 0 unspecified atom stereocenters. The Morgan fingerprint density at radius 3 is 2.50 bits per heavy atom. The molecular weight excluding hydrogens is 414 g/mol. The molecule has 32 heavy (non-hydrogen) atoms. The fourth-order valence-electron chi connectivity index (χ4n) is 2.75. The van der Waals surface area contributed by atoms with Crippen molar-refractivity contribution in [2.24, 2.45) is 0 Å². The quantitative estimate of drug-likeness (QED) is 0.425. The number of hydrogen-bond acceptors (Lipinski definition) is 9. The summed E-state index contributed by atoms with van der Waals surface area (Å²) in [5.41, 5.74) is 2.00. The van der Waals surface area contributed by atoms with Gasteiger partial charge in [0.2, 0.25) is 5.95 Å². The van der Waals surface area contributed by atoms with Crippen LogP contribution in [0.4, 0.5) is 33.8 Å². The number of aryl methyl sites for hydroxylation is 3. The molecule has 11 heteroatoms. The minimum absolute atomic E-state index is 0.0354. The highest BCUT2D eigenvalue weighted by Gasteiger charge is 2.21. The van der Waals surface area contributed by atoms with Gasteiger partial charge in [-0.2, -0.15) is 9.67 Å². The van der Waals surface area contributed by atoms with E-state index in [1.807, 2.05) is 13.8 Å². The van der Waals surface area contributed by atoms with E-state index in [9.17, 15) is 14.9 Å². The average molecular weight is 439 g/mol. The predicted octanol–water partition coefficient (Wildman–Crippen LogP) is 4.78. The van der Waals surface area contributed by atoms with Gasteiger partial charge >= 0.3 is 6.09 Å². The summed E-state index contributed by atoms with van der Waals surface area (Å²) in [6.07, 6.45) is 1.04. The van der Waals surface area contributed by atoms with Crippen LogP contribution in [0.25, 0.3) is 0 Å². The van der Waals surface area contributed by atoms with Crippen LogP contribution >= 0.6 is 0 Å². The number of nitro groups is 1. The third-order valence-corrected chi connectivity index (χ3v) is 4.35. The van der Waals surface area contributed by atoms with Crippen molar-refractivity contribution in [1.29, 1.82) is 0 Å². The van der Waals surface area contributed by atoms with Gasteiger partial charge in [-0.25, -0.2) is 9.78 Å². The number of nitro benzene ring substituents is 1. The van der Waals surface area contributed by atoms with Gasteiger partial charge in [0.1, 0.15) is 11.4 Å². The van der Waals surface area contributed by atoms with Crippen molar-refractivity contribution in [2.45, 2.75) is 47.1 Å². The van der Waals surface area contributed by atoms with E-state index < -0.39 is 16.6 Å². The number of aromatic nitrogens is 4. The highest BCUT2D eigenvalue weighted by molar-refractivity contribution is 5.72. The van der Waals surface area contributed by atoms with E-state index in [-0.39, 0.29) is 11.6 Å². The number of anilines is 4. The number of nitrogens with one attached hydrogen (secondary N) is 2. The third-order valence-electron chi connectivity index (χ3n) is 4.35. The molecule has 0 spiro atoms. The Morgan fingerprint density at radius 2 is 1.84 bits per heavy atom. The molecule has 0 aliphatic heterocycles. The lowest BCUT2D eigenvalue weighted by molar-refractivity contribution is -0.384. The van der Waals surface area contributed by atoms with Crippen molar-refractivity contribution in [3.05, 3.63) is 57.4 Å². The van der Waals surface area contributed by atoms with Gasteiger partial charge in [-0.3, -0.25) is 10.1 Å². The maximum atomic E-state index is 12.3. The minimum atomic E-state index is -0.641. The summed E-state index contributed by atoms with van der Waals surface area (Å²) in [6.45, 7) is 10.7. The first-order valence-electron chi connectivity index (χ1n) is 9.86. The molecule has 0 aliphatic carbocycles. The van der Waals surface area contributed by atoms with Crippen molar-refractivity contribution < 1.29 is 14.5 Å². The predicted molar refractivity (Wildman–Crippen MR) is 120 cm³/mol. The number of carbonyl (C=O) groups is 1. The molecule has 168 valence electrons. The van der Waals surface area contributed by atoms with Gasteiger partial charge < -0.3 is 15.4 Å². The van der Waals surface area contributed by atoms with Crippen molar-refractivity contribution in [3.8, 4) is 0 Å². The van der Waals surface area contributed by atoms with Crippen LogP contribution in [0.5, 0.6) is 0 Å². The molecule has 0 fully saturated rings. The lowest BCUT2D eigenvalue weighted by Gasteiger charge is -2.19. The molecule has 11 nitrogen and oxygen atoms in total. The number of ether oxygens (including phenoxy) is 1. The molecule has 3 rings (SSSR count). The Kier molecular flexibility index (Phi) is 6.10. The summed E-state index contributed by atoms with van der Waals surface area (Å²) >= 11 is 0. The SMILES string of the molecule is Cc1ccc([N+](=O)[O-])cc1Nc1ncc(C)c(Nc2cc(C)n(C(=O)OC(C)(C)C)n2)n1. The summed E-state index contributed by atoms with van der Waals surface area (Å²) in [4.78, 5) is 31.7. The van der Waals surface area contributed by atoms with E-state index in [0.29, 0.717) is 23.0 Å². The van der Waals surface area contributed by atoms with E-state index in [4.69, 9.17) is 4.74 Å². The van der Waals surface area contributed by atoms with Gasteiger partial charge in [0.15, 0.2) is 5.82 Å². The summed E-state index contributed by atoms with van der Waals surface area (Å²) < 4.78 is 6.54. The Labute approximate surface area is 185 Å². The largest absolute Gasteiger partial charge is 0.442 e. The molecule has 0 saturated carbocycles. The van der Waals surface area contributed by atoms with Crippen molar-refractivity contribution in [3.63, 3.8) is 0 Å². The van der Waals surface area contributed by atoms with E-state index in [2.05, 4.69) is 25.7 Å².